The Kier molecular flexibility index (Phi) is 5.87. The van der Waals surface area contributed by atoms with Gasteiger partial charge in [0.25, 0.3) is 0 Å². The summed E-state index contributed by atoms with van der Waals surface area (Å²) < 4.78 is 64.9. The smallest absolute Gasteiger partial charge is 0.301 e. The zero-order valence-electron chi connectivity index (χ0n) is 13.8. The Labute approximate surface area is 145 Å². The van der Waals surface area contributed by atoms with Gasteiger partial charge in [0.05, 0.1) is 10.5 Å². The van der Waals surface area contributed by atoms with Crippen molar-refractivity contribution in [1.82, 2.24) is 9.62 Å². The van der Waals surface area contributed by atoms with Crippen LogP contribution >= 0.6 is 0 Å². The van der Waals surface area contributed by atoms with E-state index in [9.17, 15) is 21.6 Å². The summed E-state index contributed by atoms with van der Waals surface area (Å²) in [6, 6.07) is 12.6. The second kappa shape index (κ2) is 7.55. The van der Waals surface area contributed by atoms with Crippen molar-refractivity contribution in [3.05, 3.63) is 65.7 Å². The fourth-order valence-electron chi connectivity index (χ4n) is 2.37. The van der Waals surface area contributed by atoms with E-state index in [1.807, 2.05) is 49.3 Å². The van der Waals surface area contributed by atoms with Crippen LogP contribution in [0.15, 0.2) is 59.5 Å². The molecular weight excluding hydrogens is 353 g/mol. The second-order valence-corrected chi connectivity index (χ2v) is 7.53. The monoisotopic (exact) mass is 372 g/mol. The molecule has 0 fully saturated rings. The highest BCUT2D eigenvalue weighted by Gasteiger charge is 2.30. The lowest BCUT2D eigenvalue weighted by Gasteiger charge is -2.25. The molecule has 0 bridgehead atoms. The van der Waals surface area contributed by atoms with Crippen molar-refractivity contribution >= 4 is 10.0 Å². The Morgan fingerprint density at radius 3 is 2.04 bits per heavy atom. The number of alkyl halides is 3. The highest BCUT2D eigenvalue weighted by atomic mass is 32.2. The van der Waals surface area contributed by atoms with E-state index in [0.29, 0.717) is 0 Å². The third kappa shape index (κ3) is 5.04. The number of rotatable bonds is 6. The van der Waals surface area contributed by atoms with E-state index in [-0.39, 0.29) is 17.5 Å². The van der Waals surface area contributed by atoms with Crippen LogP contribution in [0.2, 0.25) is 0 Å². The number of hydrogen-bond acceptors (Lipinski definition) is 3. The number of nitrogens with zero attached hydrogens (tertiary/aromatic N) is 1. The summed E-state index contributed by atoms with van der Waals surface area (Å²) in [5.74, 6) is 0. The normalized spacial score (nSPS) is 13.8. The molecule has 0 aromatic heterocycles. The minimum Gasteiger partial charge on any atom is -0.301 e. The molecule has 0 aliphatic carbocycles. The van der Waals surface area contributed by atoms with E-state index < -0.39 is 21.8 Å². The van der Waals surface area contributed by atoms with Gasteiger partial charge in [0.1, 0.15) is 0 Å². The first-order chi connectivity index (χ1) is 11.6. The van der Waals surface area contributed by atoms with Crippen molar-refractivity contribution in [1.29, 1.82) is 0 Å². The maximum atomic E-state index is 12.6. The third-order valence-corrected chi connectivity index (χ3v) is 5.21. The van der Waals surface area contributed by atoms with Gasteiger partial charge in [0, 0.05) is 12.6 Å². The van der Waals surface area contributed by atoms with E-state index in [1.54, 1.807) is 0 Å². The zero-order valence-corrected chi connectivity index (χ0v) is 14.6. The third-order valence-electron chi connectivity index (χ3n) is 3.77. The molecule has 2 rings (SSSR count). The van der Waals surface area contributed by atoms with Gasteiger partial charge < -0.3 is 4.90 Å². The molecule has 0 radical (unpaired) electrons. The van der Waals surface area contributed by atoms with Crippen LogP contribution in [0.4, 0.5) is 13.2 Å². The molecule has 0 aliphatic heterocycles. The van der Waals surface area contributed by atoms with Crippen molar-refractivity contribution in [3.8, 4) is 0 Å². The molecule has 0 aliphatic rings. The van der Waals surface area contributed by atoms with Crippen molar-refractivity contribution in [3.63, 3.8) is 0 Å². The Balaban J connectivity index is 2.15. The molecule has 2 aromatic rings. The average molecular weight is 372 g/mol. The molecule has 2 aromatic carbocycles. The summed E-state index contributed by atoms with van der Waals surface area (Å²) in [4.78, 5) is 1.66. The molecule has 0 amide bonds. The number of likely N-dealkylation sites (N-methyl/N-ethyl adjacent to an activating group) is 1. The number of hydrogen-bond donors (Lipinski definition) is 1. The molecule has 0 heterocycles. The van der Waals surface area contributed by atoms with E-state index >= 15 is 0 Å². The highest BCUT2D eigenvalue weighted by Crippen LogP contribution is 2.29. The van der Waals surface area contributed by atoms with Gasteiger partial charge in [0.15, 0.2) is 0 Å². The fourth-order valence-corrected chi connectivity index (χ4v) is 3.41. The maximum Gasteiger partial charge on any atom is 0.416 e. The summed E-state index contributed by atoms with van der Waals surface area (Å²) >= 11 is 0. The van der Waals surface area contributed by atoms with Crippen LogP contribution in [0.5, 0.6) is 0 Å². The molecule has 136 valence electrons. The standard InChI is InChI=1S/C17H19F3N2O2S/c1-22(2)16(13-6-4-3-5-7-13)12-21-25(23,24)15-10-8-14(9-11-15)17(18,19)20/h3-11,16,21H,12H2,1-2H3. The summed E-state index contributed by atoms with van der Waals surface area (Å²) in [6.07, 6.45) is -4.50. The van der Waals surface area contributed by atoms with E-state index in [2.05, 4.69) is 4.72 Å². The molecule has 0 saturated heterocycles. The van der Waals surface area contributed by atoms with Crippen LogP contribution in [-0.2, 0) is 16.2 Å². The minimum absolute atomic E-state index is 0.0976. The first kappa shape index (κ1) is 19.4. The first-order valence-electron chi connectivity index (χ1n) is 7.49. The largest absolute Gasteiger partial charge is 0.416 e. The van der Waals surface area contributed by atoms with Crippen LogP contribution < -0.4 is 4.72 Å². The topological polar surface area (TPSA) is 49.4 Å². The minimum atomic E-state index is -4.50. The number of nitrogens with one attached hydrogen (secondary N) is 1. The molecule has 1 atom stereocenters. The van der Waals surface area contributed by atoms with E-state index in [1.165, 1.54) is 0 Å². The van der Waals surface area contributed by atoms with Gasteiger partial charge in [0.2, 0.25) is 10.0 Å². The van der Waals surface area contributed by atoms with E-state index in [4.69, 9.17) is 0 Å². The first-order valence-corrected chi connectivity index (χ1v) is 8.98. The summed E-state index contributed by atoms with van der Waals surface area (Å²) in [5, 5.41) is 0. The summed E-state index contributed by atoms with van der Waals surface area (Å²) in [5.41, 5.74) is 0.0459. The lowest BCUT2D eigenvalue weighted by molar-refractivity contribution is -0.137. The van der Waals surface area contributed by atoms with E-state index in [0.717, 1.165) is 29.8 Å². The van der Waals surface area contributed by atoms with Crippen molar-refractivity contribution < 1.29 is 21.6 Å². The number of sulfonamides is 1. The zero-order chi connectivity index (χ0) is 18.7. The molecule has 1 N–H and O–H groups in total. The summed E-state index contributed by atoms with van der Waals surface area (Å²) in [7, 11) is -0.256. The molecule has 4 nitrogen and oxygen atoms in total. The van der Waals surface area contributed by atoms with Gasteiger partial charge >= 0.3 is 6.18 Å². The average Bonchev–Trinajstić information content (AvgIpc) is 2.55. The van der Waals surface area contributed by atoms with Crippen LogP contribution in [0.3, 0.4) is 0 Å². The SMILES string of the molecule is CN(C)C(CNS(=O)(=O)c1ccc(C(F)(F)F)cc1)c1ccccc1. The lowest BCUT2D eigenvalue weighted by Crippen LogP contribution is -2.34. The highest BCUT2D eigenvalue weighted by molar-refractivity contribution is 7.89. The molecule has 25 heavy (non-hydrogen) atoms. The number of halogens is 3. The molecule has 8 heteroatoms. The van der Waals surface area contributed by atoms with Gasteiger partial charge in [-0.15, -0.1) is 0 Å². The van der Waals surface area contributed by atoms with Gasteiger partial charge in [-0.1, -0.05) is 30.3 Å². The Hall–Kier alpha value is -1.90. The van der Waals surface area contributed by atoms with Crippen LogP contribution in [-0.4, -0.2) is 34.0 Å². The van der Waals surface area contributed by atoms with Gasteiger partial charge in [-0.25, -0.2) is 13.1 Å². The Morgan fingerprint density at radius 2 is 1.56 bits per heavy atom. The van der Waals surface area contributed by atoms with Gasteiger partial charge in [-0.05, 0) is 43.9 Å². The van der Waals surface area contributed by atoms with Crippen molar-refractivity contribution in [2.75, 3.05) is 20.6 Å². The quantitative estimate of drug-likeness (QED) is 0.847. The van der Waals surface area contributed by atoms with Crippen LogP contribution in [0.1, 0.15) is 17.2 Å². The predicted molar refractivity (Wildman–Crippen MR) is 89.5 cm³/mol. The molecular formula is C17H19F3N2O2S. The fraction of sp³-hybridized carbons (Fsp3) is 0.294. The lowest BCUT2D eigenvalue weighted by atomic mass is 10.1. The summed E-state index contributed by atoms with van der Waals surface area (Å²) in [6.45, 7) is 0.0976. The predicted octanol–water partition coefficient (Wildman–Crippen LogP) is 3.29. The van der Waals surface area contributed by atoms with Crippen LogP contribution in [0, 0.1) is 0 Å². The van der Waals surface area contributed by atoms with Gasteiger partial charge in [-0.3, -0.25) is 0 Å². The molecule has 0 saturated carbocycles. The van der Waals surface area contributed by atoms with Gasteiger partial charge in [-0.2, -0.15) is 13.2 Å². The van der Waals surface area contributed by atoms with Crippen molar-refractivity contribution in [2.45, 2.75) is 17.1 Å². The number of benzene rings is 2. The second-order valence-electron chi connectivity index (χ2n) is 5.76. The van der Waals surface area contributed by atoms with Crippen LogP contribution in [0.25, 0.3) is 0 Å². The Bertz CT molecular complexity index is 789. The van der Waals surface area contributed by atoms with Crippen molar-refractivity contribution in [2.24, 2.45) is 0 Å². The maximum absolute atomic E-state index is 12.6. The molecule has 1 unspecified atom stereocenters. The molecule has 0 spiro atoms. The Morgan fingerprint density at radius 1 is 1.00 bits per heavy atom.